The number of benzene rings is 3. The van der Waals surface area contributed by atoms with E-state index in [2.05, 4.69) is 37.2 Å². The van der Waals surface area contributed by atoms with Crippen LogP contribution >= 0.6 is 11.8 Å². The third-order valence-electron chi connectivity index (χ3n) is 13.0. The van der Waals surface area contributed by atoms with Crippen molar-refractivity contribution in [3.05, 3.63) is 102 Å². The average Bonchev–Trinajstić information content (AvgIpc) is 3.54. The predicted octanol–water partition coefficient (Wildman–Crippen LogP) is -2.68. The number of thioether (sulfide) groups is 1. The van der Waals surface area contributed by atoms with Gasteiger partial charge >= 0.3 is 5.97 Å². The number of carboxylic acids is 1. The normalized spacial score (nSPS) is 22.6. The summed E-state index contributed by atoms with van der Waals surface area (Å²) in [6.45, 7) is 2.18. The molecular weight excluding hydrogens is 1090 g/mol. The second-order valence-electron chi connectivity index (χ2n) is 20.1. The highest BCUT2D eigenvalue weighted by Crippen LogP contribution is 2.17. The lowest BCUT2D eigenvalue weighted by Gasteiger charge is -2.34. The topological polar surface area (TPSA) is 385 Å². The zero-order valence-electron chi connectivity index (χ0n) is 46.4. The molecule has 0 bridgehead atoms. The van der Waals surface area contributed by atoms with Crippen molar-refractivity contribution in [2.45, 2.75) is 101 Å². The second-order valence-corrected chi connectivity index (χ2v) is 21.1. The second kappa shape index (κ2) is 32.0. The summed E-state index contributed by atoms with van der Waals surface area (Å²) >= 11 is 0.804. The number of nitrogens with one attached hydrogen (secondary N) is 7. The van der Waals surface area contributed by atoms with Crippen molar-refractivity contribution in [2.24, 2.45) is 11.7 Å². The van der Waals surface area contributed by atoms with Gasteiger partial charge in [0.25, 0.3) is 0 Å². The van der Waals surface area contributed by atoms with E-state index >= 15 is 0 Å². The maximum absolute atomic E-state index is 14.8. The van der Waals surface area contributed by atoms with Crippen LogP contribution in [-0.2, 0) is 76.8 Å². The first-order chi connectivity index (χ1) is 38.7. The van der Waals surface area contributed by atoms with Gasteiger partial charge in [-0.3, -0.25) is 57.5 Å². The van der Waals surface area contributed by atoms with Crippen molar-refractivity contribution in [3.63, 3.8) is 0 Å². The fourth-order valence-corrected chi connectivity index (χ4v) is 9.40. The highest BCUT2D eigenvalue weighted by Gasteiger charge is 2.38. The van der Waals surface area contributed by atoms with E-state index in [1.165, 1.54) is 52.3 Å². The van der Waals surface area contributed by atoms with E-state index in [0.717, 1.165) is 26.5 Å². The Morgan fingerprint density at radius 1 is 0.622 bits per heavy atom. The summed E-state index contributed by atoms with van der Waals surface area (Å²) in [6.07, 6.45) is -3.15. The highest BCUT2D eigenvalue weighted by molar-refractivity contribution is 8.00. The molecule has 1 aliphatic rings. The van der Waals surface area contributed by atoms with Crippen LogP contribution in [-0.4, -0.2) is 202 Å². The quantitative estimate of drug-likeness (QED) is 0.0784. The number of nitrogens with two attached hydrogens (primary N) is 1. The summed E-state index contributed by atoms with van der Waals surface area (Å²) < 4.78 is 0. The summed E-state index contributed by atoms with van der Waals surface area (Å²) in [7, 11) is 3.76. The van der Waals surface area contributed by atoms with Crippen molar-refractivity contribution in [1.82, 2.24) is 51.9 Å². The van der Waals surface area contributed by atoms with Crippen LogP contribution in [0.1, 0.15) is 50.3 Å². The fraction of sp³-hybridized carbons (Fsp3) is 0.455. The van der Waals surface area contributed by atoms with Gasteiger partial charge in [-0.2, -0.15) is 0 Å². The van der Waals surface area contributed by atoms with E-state index in [1.54, 1.807) is 74.5 Å². The monoisotopic (exact) mass is 1160 g/mol. The molecule has 444 valence electrons. The van der Waals surface area contributed by atoms with Crippen LogP contribution < -0.4 is 43.0 Å². The van der Waals surface area contributed by atoms with Crippen LogP contribution in [0.4, 0.5) is 0 Å². The number of carbonyl (C=O) groups excluding carboxylic acids is 11. The smallest absolute Gasteiger partial charge is 0.303 e. The number of likely N-dealkylation sites (N-methyl/N-ethyl adjacent to an activating group) is 3. The SMILES string of the molecule is CC(C)[C@@H]1NC(=O)[C@H](Cc2ccccc2)NC(=O)CSC[C@@H](C(=O)NCC(N)=O)NC(=O)[C@H]([C@@H](C)O)NC(=O)CN(C)C(=O)[C@H](Cc2ccccc2)N(C)C(=O)[C@H](Cc2ccc(O)cc2)NC(=O)CN(C)C(=O)[C@H](CCC(=O)O)NC1=O. The predicted molar refractivity (Wildman–Crippen MR) is 298 cm³/mol. The third kappa shape index (κ3) is 21.1. The largest absolute Gasteiger partial charge is 0.508 e. The van der Waals surface area contributed by atoms with E-state index in [-0.39, 0.29) is 30.8 Å². The number of carboxylic acid groups (broad SMARTS) is 1. The van der Waals surface area contributed by atoms with Gasteiger partial charge in [-0.15, -0.1) is 11.8 Å². The number of aromatic hydroxyl groups is 1. The Bertz CT molecular complexity index is 2760. The first-order valence-corrected chi connectivity index (χ1v) is 27.3. The van der Waals surface area contributed by atoms with Crippen LogP contribution in [0.2, 0.25) is 0 Å². The maximum Gasteiger partial charge on any atom is 0.303 e. The Morgan fingerprint density at radius 2 is 1.15 bits per heavy atom. The highest BCUT2D eigenvalue weighted by atomic mass is 32.2. The molecule has 1 aliphatic heterocycles. The molecule has 4 rings (SSSR count). The summed E-state index contributed by atoms with van der Waals surface area (Å²) in [4.78, 5) is 167. The number of phenols is 1. The fourth-order valence-electron chi connectivity index (χ4n) is 8.55. The van der Waals surface area contributed by atoms with Crippen molar-refractivity contribution in [2.75, 3.05) is 52.3 Å². The molecular formula is C55H73N11O15S. The molecule has 0 saturated carbocycles. The van der Waals surface area contributed by atoms with Crippen LogP contribution in [0.3, 0.4) is 0 Å². The van der Waals surface area contributed by atoms with Crippen molar-refractivity contribution in [1.29, 1.82) is 0 Å². The average molecular weight is 1160 g/mol. The first-order valence-electron chi connectivity index (χ1n) is 26.2. The van der Waals surface area contributed by atoms with Crippen molar-refractivity contribution in [3.8, 4) is 5.75 Å². The molecule has 12 N–H and O–H groups in total. The summed E-state index contributed by atoms with van der Waals surface area (Å²) in [5.41, 5.74) is 6.86. The number of phenolic OH excluding ortho intramolecular Hbond substituents is 1. The van der Waals surface area contributed by atoms with Gasteiger partial charge in [-0.1, -0.05) is 86.6 Å². The van der Waals surface area contributed by atoms with Crippen molar-refractivity contribution >= 4 is 82.7 Å². The molecule has 0 spiro atoms. The van der Waals surface area contributed by atoms with E-state index in [1.807, 2.05) is 0 Å². The number of aliphatic hydroxyl groups is 1. The molecule has 0 aromatic heterocycles. The Labute approximate surface area is 478 Å². The molecule has 0 radical (unpaired) electrons. The molecule has 1 fully saturated rings. The minimum atomic E-state index is -1.76. The summed E-state index contributed by atoms with van der Waals surface area (Å²) in [6, 6.07) is 12.2. The summed E-state index contributed by atoms with van der Waals surface area (Å²) in [5, 5.41) is 48.0. The van der Waals surface area contributed by atoms with E-state index in [0.29, 0.717) is 16.7 Å². The molecule has 27 heteroatoms. The Morgan fingerprint density at radius 3 is 1.71 bits per heavy atom. The molecule has 0 aliphatic carbocycles. The van der Waals surface area contributed by atoms with Crippen LogP contribution in [0, 0.1) is 5.92 Å². The lowest BCUT2D eigenvalue weighted by atomic mass is 10.00. The number of aliphatic carboxylic acids is 1. The molecule has 1 heterocycles. The van der Waals surface area contributed by atoms with Crippen LogP contribution in [0.5, 0.6) is 5.75 Å². The van der Waals surface area contributed by atoms with Gasteiger partial charge in [0.15, 0.2) is 0 Å². The van der Waals surface area contributed by atoms with E-state index in [9.17, 15) is 72.9 Å². The zero-order chi connectivity index (χ0) is 60.8. The molecule has 11 amide bonds. The van der Waals surface area contributed by atoms with Gasteiger partial charge in [0.05, 0.1) is 31.5 Å². The van der Waals surface area contributed by atoms with E-state index < -0.39 is 163 Å². The lowest BCUT2D eigenvalue weighted by Crippen LogP contribution is -2.60. The van der Waals surface area contributed by atoms with Crippen LogP contribution in [0.25, 0.3) is 0 Å². The number of nitrogens with zero attached hydrogens (tertiary/aromatic N) is 3. The maximum atomic E-state index is 14.8. The lowest BCUT2D eigenvalue weighted by molar-refractivity contribution is -0.147. The van der Waals surface area contributed by atoms with Gasteiger partial charge in [0, 0.05) is 52.6 Å². The van der Waals surface area contributed by atoms with Crippen LogP contribution in [0.15, 0.2) is 84.9 Å². The zero-order valence-corrected chi connectivity index (χ0v) is 47.2. The number of carbonyl (C=O) groups is 12. The molecule has 1 saturated heterocycles. The van der Waals surface area contributed by atoms with E-state index in [4.69, 9.17) is 5.73 Å². The molecule has 0 unspecified atom stereocenters. The van der Waals surface area contributed by atoms with Gasteiger partial charge in [-0.25, -0.2) is 0 Å². The third-order valence-corrected chi connectivity index (χ3v) is 14.0. The minimum Gasteiger partial charge on any atom is -0.508 e. The Balaban J connectivity index is 1.80. The molecule has 82 heavy (non-hydrogen) atoms. The molecule has 3 aromatic rings. The Hall–Kier alpha value is -8.59. The standard InChI is InChI=1S/C55H73N11O15S/c1-31(2)47-51(77)60-37(21-22-46(73)74)53(79)64(4)27-43(70)59-39(24-35-17-19-36(68)20-18-35)54(80)66(6)41(25-34-15-11-8-12-16-34)55(81)65(5)28-44(71)62-48(32(3)67)52(78)61-40(49(75)57-26-42(56)69)29-82-30-45(72)58-38(50(76)63-47)23-33-13-9-7-10-14-33/h7-20,31-32,37-41,47-48,67-68H,21-30H2,1-6H3,(H2,56,69)(H,57,75)(H,58,72)(H,59,70)(H,60,77)(H,61,78)(H,62,71)(H,63,76)(H,73,74)/t32-,37+,38+,39+,40+,41+,47+,48+/m1/s1. The Kier molecular flexibility index (Phi) is 25.7. The van der Waals surface area contributed by atoms with Gasteiger partial charge in [0.2, 0.25) is 65.0 Å². The molecule has 8 atom stereocenters. The number of amides is 11. The molecule has 26 nitrogen and oxygen atoms in total. The number of primary amides is 1. The number of rotatable bonds is 14. The first kappa shape index (κ1) is 65.9. The van der Waals surface area contributed by atoms with Gasteiger partial charge < -0.3 is 73.0 Å². The minimum absolute atomic E-state index is 0.0986. The van der Waals surface area contributed by atoms with Crippen molar-refractivity contribution < 1.29 is 72.9 Å². The van der Waals surface area contributed by atoms with Gasteiger partial charge in [-0.05, 0) is 48.1 Å². The number of hydrogen-bond donors (Lipinski definition) is 11. The number of hydrogen-bond acceptors (Lipinski definition) is 15. The molecule has 3 aromatic carbocycles. The van der Waals surface area contributed by atoms with Gasteiger partial charge in [0.1, 0.15) is 48.0 Å². The number of aliphatic hydroxyl groups excluding tert-OH is 1. The summed E-state index contributed by atoms with van der Waals surface area (Å²) in [5.74, 6) is -12.8.